The number of esters is 1. The number of carboxylic acids is 1. The van der Waals surface area contributed by atoms with Crippen LogP contribution >= 0.6 is 0 Å². The molecule has 0 bridgehead atoms. The highest BCUT2D eigenvalue weighted by molar-refractivity contribution is 6.28. The van der Waals surface area contributed by atoms with Gasteiger partial charge >= 0.3 is 11.9 Å². The molecule has 1 rings (SSSR count). The Morgan fingerprint density at radius 1 is 1.40 bits per heavy atom. The normalized spacial score (nSPS) is 9.13. The number of carboxylic acid groups (broad SMARTS) is 1. The van der Waals surface area contributed by atoms with E-state index < -0.39 is 11.9 Å². The molecule has 0 aliphatic carbocycles. The Morgan fingerprint density at radius 3 is 2.33 bits per heavy atom. The molecule has 1 heterocycles. The van der Waals surface area contributed by atoms with Gasteiger partial charge in [-0.05, 0) is 19.1 Å². The number of allylic oxidation sites excluding steroid dienone is 1. The van der Waals surface area contributed by atoms with Gasteiger partial charge in [-0.1, -0.05) is 12.2 Å². The number of hydrogen-bond acceptors (Lipinski definition) is 4. The van der Waals surface area contributed by atoms with Crippen molar-refractivity contribution in [3.05, 3.63) is 36.8 Å². The topological polar surface area (TPSA) is 76.7 Å². The van der Waals surface area contributed by atoms with Crippen LogP contribution in [0.4, 0.5) is 0 Å². The monoisotopic (exact) mass is 212 g/mol. The lowest BCUT2D eigenvalue weighted by atomic mass is 10.5. The van der Waals surface area contributed by atoms with E-state index >= 15 is 0 Å². The summed E-state index contributed by atoms with van der Waals surface area (Å²) < 4.78 is 8.80. The first-order valence-corrected chi connectivity index (χ1v) is 4.16. The van der Waals surface area contributed by atoms with Gasteiger partial charge in [-0.3, -0.25) is 0 Å². The molecule has 0 fully saturated rings. The zero-order valence-corrected chi connectivity index (χ0v) is 8.25. The summed E-state index contributed by atoms with van der Waals surface area (Å²) in [6.07, 6.45) is 6.45. The lowest BCUT2D eigenvalue weighted by molar-refractivity contribution is -0.163. The van der Waals surface area contributed by atoms with Gasteiger partial charge in [-0.2, -0.15) is 0 Å². The van der Waals surface area contributed by atoms with Gasteiger partial charge in [0.1, 0.15) is 6.61 Å². The van der Waals surface area contributed by atoms with Gasteiger partial charge in [-0.15, -0.1) is 0 Å². The summed E-state index contributed by atoms with van der Waals surface area (Å²) in [6.45, 7) is 1.76. The van der Waals surface area contributed by atoms with Crippen molar-refractivity contribution in [1.82, 2.24) is 0 Å². The molecular weight excluding hydrogens is 200 g/mol. The van der Waals surface area contributed by atoms with Crippen LogP contribution in [0.2, 0.25) is 0 Å². The smallest absolute Gasteiger partial charge is 0.417 e. The summed E-state index contributed by atoms with van der Waals surface area (Å²) in [5.41, 5.74) is 0. The average Bonchev–Trinajstić information content (AvgIpc) is 2.75. The van der Waals surface area contributed by atoms with Crippen LogP contribution in [0.1, 0.15) is 6.92 Å². The Hall–Kier alpha value is -2.04. The minimum absolute atomic E-state index is 0.0155. The Balaban J connectivity index is 0.000000322. The highest BCUT2D eigenvalue weighted by Gasteiger charge is 2.10. The molecule has 0 radical (unpaired) electrons. The lowest BCUT2D eigenvalue weighted by Crippen LogP contribution is -2.15. The van der Waals surface area contributed by atoms with Gasteiger partial charge in [0, 0.05) is 0 Å². The summed E-state index contributed by atoms with van der Waals surface area (Å²) in [5, 5.41) is 7.98. The van der Waals surface area contributed by atoms with E-state index in [1.54, 1.807) is 31.6 Å². The first-order valence-electron chi connectivity index (χ1n) is 4.16. The van der Waals surface area contributed by atoms with E-state index in [4.69, 9.17) is 5.11 Å². The van der Waals surface area contributed by atoms with Crippen LogP contribution in [-0.2, 0) is 14.3 Å². The van der Waals surface area contributed by atoms with Crippen LogP contribution in [-0.4, -0.2) is 23.7 Å². The molecule has 82 valence electrons. The van der Waals surface area contributed by atoms with Crippen molar-refractivity contribution in [3.8, 4) is 0 Å². The number of ether oxygens (including phenoxy) is 1. The number of furan rings is 1. The van der Waals surface area contributed by atoms with E-state index in [-0.39, 0.29) is 6.61 Å². The van der Waals surface area contributed by atoms with Crippen molar-refractivity contribution in [2.75, 3.05) is 6.61 Å². The molecule has 15 heavy (non-hydrogen) atoms. The first-order chi connectivity index (χ1) is 7.18. The van der Waals surface area contributed by atoms with E-state index in [0.717, 1.165) is 0 Å². The predicted octanol–water partition coefficient (Wildman–Crippen LogP) is 1.47. The van der Waals surface area contributed by atoms with Gasteiger partial charge in [0.15, 0.2) is 0 Å². The summed E-state index contributed by atoms with van der Waals surface area (Å²) >= 11 is 0. The molecule has 0 amide bonds. The maximum absolute atomic E-state index is 10.2. The van der Waals surface area contributed by atoms with Crippen molar-refractivity contribution in [2.24, 2.45) is 0 Å². The number of carbonyl (C=O) groups is 2. The fourth-order valence-electron chi connectivity index (χ4n) is 0.509. The molecule has 5 heteroatoms. The predicted molar refractivity (Wildman–Crippen MR) is 52.1 cm³/mol. The second-order valence-corrected chi connectivity index (χ2v) is 2.27. The molecule has 0 atom stereocenters. The number of aliphatic carboxylic acids is 1. The molecule has 1 N–H and O–H groups in total. The first kappa shape index (κ1) is 13.0. The van der Waals surface area contributed by atoms with Gasteiger partial charge < -0.3 is 14.3 Å². The molecule has 0 saturated carbocycles. The second kappa shape index (κ2) is 8.55. The maximum atomic E-state index is 10.2. The number of rotatable bonds is 2. The van der Waals surface area contributed by atoms with Crippen molar-refractivity contribution in [2.45, 2.75) is 6.92 Å². The molecule has 1 aromatic rings. The van der Waals surface area contributed by atoms with Crippen LogP contribution < -0.4 is 0 Å². The highest BCUT2D eigenvalue weighted by Crippen LogP contribution is 1.80. The summed E-state index contributed by atoms with van der Waals surface area (Å²) in [5.74, 6) is -2.79. The van der Waals surface area contributed by atoms with E-state index in [1.807, 2.05) is 12.1 Å². The number of hydrogen-bond donors (Lipinski definition) is 1. The second-order valence-electron chi connectivity index (χ2n) is 2.27. The molecule has 1 aromatic heterocycles. The number of carbonyl (C=O) groups excluding carboxylic acids is 1. The minimum atomic E-state index is -1.57. The largest absolute Gasteiger partial charge is 0.473 e. The minimum Gasteiger partial charge on any atom is -0.473 e. The molecule has 5 nitrogen and oxygen atoms in total. The van der Waals surface area contributed by atoms with Crippen LogP contribution in [0.25, 0.3) is 0 Å². The quantitative estimate of drug-likeness (QED) is 0.456. The fourth-order valence-corrected chi connectivity index (χ4v) is 0.509. The Morgan fingerprint density at radius 2 is 2.00 bits per heavy atom. The lowest BCUT2D eigenvalue weighted by Gasteiger charge is -1.93. The Kier molecular flexibility index (Phi) is 7.39. The maximum Gasteiger partial charge on any atom is 0.417 e. The summed E-state index contributed by atoms with van der Waals surface area (Å²) in [6, 6.07) is 3.67. The van der Waals surface area contributed by atoms with Gasteiger partial charge in [0.05, 0.1) is 12.5 Å². The van der Waals surface area contributed by atoms with Gasteiger partial charge in [0.2, 0.25) is 0 Å². The van der Waals surface area contributed by atoms with Crippen LogP contribution in [0.15, 0.2) is 41.2 Å². The fraction of sp³-hybridized carbons (Fsp3) is 0.200. The molecule has 0 aliphatic heterocycles. The van der Waals surface area contributed by atoms with E-state index in [2.05, 4.69) is 9.15 Å². The highest BCUT2D eigenvalue weighted by atomic mass is 16.6. The standard InChI is InChI=1S/C6H8O4.C4H4O/c1-2-3-4-10-6(9)5(7)8;1-2-4-5-3-1/h2-3H,4H2,1H3,(H,7,8);1-4H. The molecular formula is C10H12O5. The Labute approximate surface area is 87.0 Å². The SMILES string of the molecule is CC=CCOC(=O)C(=O)O.c1ccoc1. The van der Waals surface area contributed by atoms with E-state index in [1.165, 1.54) is 0 Å². The average molecular weight is 212 g/mol. The van der Waals surface area contributed by atoms with Crippen molar-refractivity contribution >= 4 is 11.9 Å². The van der Waals surface area contributed by atoms with Crippen LogP contribution in [0.3, 0.4) is 0 Å². The zero-order valence-electron chi connectivity index (χ0n) is 8.25. The van der Waals surface area contributed by atoms with Gasteiger partial charge in [-0.25, -0.2) is 9.59 Å². The zero-order chi connectivity index (χ0) is 11.5. The third-order valence-electron chi connectivity index (χ3n) is 1.15. The van der Waals surface area contributed by atoms with Crippen molar-refractivity contribution < 1.29 is 23.8 Å². The van der Waals surface area contributed by atoms with Crippen LogP contribution in [0.5, 0.6) is 0 Å². The molecule has 0 unspecified atom stereocenters. The van der Waals surface area contributed by atoms with E-state index in [9.17, 15) is 9.59 Å². The van der Waals surface area contributed by atoms with Gasteiger partial charge in [0.25, 0.3) is 0 Å². The Bertz CT molecular complexity index is 282. The molecule has 0 aliphatic rings. The van der Waals surface area contributed by atoms with Crippen molar-refractivity contribution in [3.63, 3.8) is 0 Å². The molecule has 0 saturated heterocycles. The molecule has 0 spiro atoms. The van der Waals surface area contributed by atoms with E-state index in [0.29, 0.717) is 0 Å². The third kappa shape index (κ3) is 8.29. The molecule has 0 aromatic carbocycles. The third-order valence-corrected chi connectivity index (χ3v) is 1.15. The summed E-state index contributed by atoms with van der Waals surface area (Å²) in [7, 11) is 0. The summed E-state index contributed by atoms with van der Waals surface area (Å²) in [4.78, 5) is 20.0. The van der Waals surface area contributed by atoms with Crippen molar-refractivity contribution in [1.29, 1.82) is 0 Å². The van der Waals surface area contributed by atoms with Crippen LogP contribution in [0, 0.1) is 0 Å².